The maximum Gasteiger partial charge on any atom is 0.153 e. The molecule has 0 aliphatic carbocycles. The van der Waals surface area contributed by atoms with Gasteiger partial charge in [0.05, 0.1) is 16.8 Å². The van der Waals surface area contributed by atoms with E-state index >= 15 is 0 Å². The Kier molecular flexibility index (Phi) is 5.25. The number of piperazine rings is 1. The van der Waals surface area contributed by atoms with Crippen LogP contribution in [0.25, 0.3) is 10.9 Å². The lowest BCUT2D eigenvalue weighted by Gasteiger charge is -2.38. The van der Waals surface area contributed by atoms with E-state index in [4.69, 9.17) is 11.5 Å². The minimum absolute atomic E-state index is 0.0605. The van der Waals surface area contributed by atoms with E-state index in [9.17, 15) is 9.65 Å². The van der Waals surface area contributed by atoms with Crippen molar-refractivity contribution in [3.05, 3.63) is 47.4 Å². The Morgan fingerprint density at radius 3 is 2.65 bits per heavy atom. The first-order valence-corrected chi connectivity index (χ1v) is 10.1. The summed E-state index contributed by atoms with van der Waals surface area (Å²) < 4.78 is 15.9. The zero-order valence-corrected chi connectivity index (χ0v) is 17.7. The monoisotopic (exact) mass is 420 g/mol. The number of fused-ring (bicyclic) bond motifs is 1. The van der Waals surface area contributed by atoms with Crippen molar-refractivity contribution in [3.8, 4) is 6.07 Å². The topological polar surface area (TPSA) is 121 Å². The molecule has 0 spiro atoms. The lowest BCUT2D eigenvalue weighted by Crippen LogP contribution is -2.54. The lowest BCUT2D eigenvalue weighted by molar-refractivity contribution is 0.407. The molecule has 160 valence electrons. The smallest absolute Gasteiger partial charge is 0.153 e. The summed E-state index contributed by atoms with van der Waals surface area (Å²) in [5.74, 6) is -0.430. The predicted octanol–water partition coefficient (Wildman–Crippen LogP) is 2.39. The van der Waals surface area contributed by atoms with Crippen molar-refractivity contribution in [3.63, 3.8) is 0 Å². The third kappa shape index (κ3) is 4.02. The van der Waals surface area contributed by atoms with Gasteiger partial charge in [-0.25, -0.2) is 9.38 Å². The van der Waals surface area contributed by atoms with Crippen molar-refractivity contribution in [1.82, 2.24) is 15.1 Å². The maximum atomic E-state index is 14.4. The molecule has 4 rings (SSSR count). The second-order valence-corrected chi connectivity index (χ2v) is 8.11. The van der Waals surface area contributed by atoms with Crippen LogP contribution in [0.1, 0.15) is 25.0 Å². The van der Waals surface area contributed by atoms with Gasteiger partial charge in [0.25, 0.3) is 0 Å². The Morgan fingerprint density at radius 2 is 1.97 bits per heavy atom. The van der Waals surface area contributed by atoms with Crippen molar-refractivity contribution in [2.75, 3.05) is 23.7 Å². The molecule has 2 atom stereocenters. The van der Waals surface area contributed by atoms with Crippen molar-refractivity contribution in [1.29, 1.82) is 5.26 Å². The molecule has 2 heterocycles. The van der Waals surface area contributed by atoms with E-state index < -0.39 is 5.82 Å². The predicted molar refractivity (Wildman–Crippen MR) is 121 cm³/mol. The minimum atomic E-state index is -0.490. The summed E-state index contributed by atoms with van der Waals surface area (Å²) in [6.07, 6.45) is 1.70. The van der Waals surface area contributed by atoms with Gasteiger partial charge in [0.15, 0.2) is 5.82 Å². The number of benzene rings is 2. The highest BCUT2D eigenvalue weighted by molar-refractivity contribution is 6.06. The summed E-state index contributed by atoms with van der Waals surface area (Å²) >= 11 is 0. The van der Waals surface area contributed by atoms with Crippen LogP contribution in [0.15, 0.2) is 35.5 Å². The molecule has 0 bridgehead atoms. The second kappa shape index (κ2) is 7.89. The quantitative estimate of drug-likeness (QED) is 0.340. The molecule has 1 saturated heterocycles. The molecule has 1 aliphatic heterocycles. The van der Waals surface area contributed by atoms with Crippen LogP contribution in [0.2, 0.25) is 0 Å². The largest absolute Gasteiger partial charge is 0.398 e. The van der Waals surface area contributed by atoms with E-state index in [0.717, 1.165) is 18.8 Å². The first-order valence-electron chi connectivity index (χ1n) is 10.1. The van der Waals surface area contributed by atoms with Gasteiger partial charge in [0, 0.05) is 61.2 Å². The molecule has 1 aliphatic rings. The molecular formula is C22H25FN8. The van der Waals surface area contributed by atoms with E-state index in [0.29, 0.717) is 40.0 Å². The minimum Gasteiger partial charge on any atom is -0.398 e. The standard InChI is InChI=1S/C22H25FN8/c1-12-9-31(10-13(2)27-12)17-5-14(8-24)20(19(25)7-17)22(26)28-16-4-15-11-30(3)29-21(15)18(23)6-16/h4-7,11-13,27H,9-10,25H2,1-3H3,(H2,26,28). The first-order chi connectivity index (χ1) is 14.7. The van der Waals surface area contributed by atoms with Crippen LogP contribution >= 0.6 is 0 Å². The van der Waals surface area contributed by atoms with Gasteiger partial charge in [-0.2, -0.15) is 10.4 Å². The van der Waals surface area contributed by atoms with Crippen molar-refractivity contribution in [2.45, 2.75) is 25.9 Å². The van der Waals surface area contributed by atoms with Gasteiger partial charge in [0.1, 0.15) is 17.4 Å². The number of halogens is 1. The molecule has 3 aromatic rings. The Labute approximate surface area is 179 Å². The molecule has 1 aromatic heterocycles. The van der Waals surface area contributed by atoms with E-state index in [1.54, 1.807) is 25.4 Å². The number of nitrogen functional groups attached to an aromatic ring is 1. The molecule has 2 unspecified atom stereocenters. The first kappa shape index (κ1) is 20.6. The van der Waals surface area contributed by atoms with Crippen LogP contribution in [0.5, 0.6) is 0 Å². The van der Waals surface area contributed by atoms with Crippen LogP contribution in [0, 0.1) is 17.1 Å². The number of nitrogens with zero attached hydrogens (tertiary/aromatic N) is 5. The molecule has 2 aromatic carbocycles. The highest BCUT2D eigenvalue weighted by Crippen LogP contribution is 2.29. The summed E-state index contributed by atoms with van der Waals surface area (Å²) in [5.41, 5.74) is 15.0. The summed E-state index contributed by atoms with van der Waals surface area (Å²) in [5, 5.41) is 17.9. The van der Waals surface area contributed by atoms with Gasteiger partial charge in [-0.15, -0.1) is 0 Å². The number of aliphatic imine (C=N–C) groups is 1. The Hall–Kier alpha value is -3.64. The third-order valence-electron chi connectivity index (χ3n) is 5.36. The lowest BCUT2D eigenvalue weighted by atomic mass is 10.0. The fourth-order valence-corrected chi connectivity index (χ4v) is 4.20. The molecule has 0 saturated carbocycles. The number of amidine groups is 1. The van der Waals surface area contributed by atoms with Crippen LogP contribution in [-0.4, -0.2) is 40.8 Å². The second-order valence-electron chi connectivity index (χ2n) is 8.11. The highest BCUT2D eigenvalue weighted by Gasteiger charge is 2.23. The molecule has 31 heavy (non-hydrogen) atoms. The Balaban J connectivity index is 1.73. The number of nitriles is 1. The SMILES string of the molecule is CC1CN(c2cc(N)c(C(N)=Nc3cc(F)c4nn(C)cc4c3)c(C#N)c2)CC(C)N1. The van der Waals surface area contributed by atoms with Gasteiger partial charge in [-0.1, -0.05) is 0 Å². The molecule has 9 heteroatoms. The summed E-state index contributed by atoms with van der Waals surface area (Å²) in [6.45, 7) is 5.85. The van der Waals surface area contributed by atoms with Gasteiger partial charge in [0.2, 0.25) is 0 Å². The van der Waals surface area contributed by atoms with Crippen LogP contribution in [-0.2, 0) is 7.05 Å². The van der Waals surface area contributed by atoms with Crippen molar-refractivity contribution < 1.29 is 4.39 Å². The molecule has 1 fully saturated rings. The van der Waals surface area contributed by atoms with E-state index in [1.807, 2.05) is 6.07 Å². The van der Waals surface area contributed by atoms with Crippen molar-refractivity contribution in [2.24, 2.45) is 17.8 Å². The van der Waals surface area contributed by atoms with Crippen LogP contribution in [0.4, 0.5) is 21.5 Å². The van der Waals surface area contributed by atoms with E-state index in [2.05, 4.69) is 40.2 Å². The number of hydrogen-bond donors (Lipinski definition) is 3. The van der Waals surface area contributed by atoms with Gasteiger partial charge in [-0.05, 0) is 32.0 Å². The van der Waals surface area contributed by atoms with Gasteiger partial charge >= 0.3 is 0 Å². The number of nitrogens with two attached hydrogens (primary N) is 2. The van der Waals surface area contributed by atoms with Crippen molar-refractivity contribution >= 4 is 33.8 Å². The summed E-state index contributed by atoms with van der Waals surface area (Å²) in [7, 11) is 1.72. The average Bonchev–Trinajstić information content (AvgIpc) is 3.07. The fraction of sp³-hybridized carbons (Fsp3) is 0.318. The third-order valence-corrected chi connectivity index (χ3v) is 5.36. The molecular weight excluding hydrogens is 395 g/mol. The van der Waals surface area contributed by atoms with E-state index in [1.165, 1.54) is 10.7 Å². The van der Waals surface area contributed by atoms with Crippen LogP contribution in [0.3, 0.4) is 0 Å². The number of nitrogens with one attached hydrogen (secondary N) is 1. The van der Waals surface area contributed by atoms with E-state index in [-0.39, 0.29) is 11.4 Å². The molecule has 0 radical (unpaired) electrons. The Morgan fingerprint density at radius 1 is 1.26 bits per heavy atom. The average molecular weight is 420 g/mol. The number of anilines is 2. The fourth-order valence-electron chi connectivity index (χ4n) is 4.20. The number of rotatable bonds is 3. The molecule has 5 N–H and O–H groups in total. The number of aromatic nitrogens is 2. The van der Waals surface area contributed by atoms with Gasteiger partial charge < -0.3 is 21.7 Å². The number of aryl methyl sites for hydroxylation is 1. The van der Waals surface area contributed by atoms with Gasteiger partial charge in [-0.3, -0.25) is 4.68 Å². The zero-order valence-electron chi connectivity index (χ0n) is 17.7. The normalized spacial score (nSPS) is 19.6. The molecule has 8 nitrogen and oxygen atoms in total. The highest BCUT2D eigenvalue weighted by atomic mass is 19.1. The summed E-state index contributed by atoms with van der Waals surface area (Å²) in [6, 6.07) is 9.37. The zero-order chi connectivity index (χ0) is 22.3. The molecule has 0 amide bonds. The number of hydrogen-bond acceptors (Lipinski definition) is 6. The summed E-state index contributed by atoms with van der Waals surface area (Å²) in [4.78, 5) is 6.55. The Bertz CT molecular complexity index is 1210. The van der Waals surface area contributed by atoms with Crippen LogP contribution < -0.4 is 21.7 Å². The maximum absolute atomic E-state index is 14.4.